The van der Waals surface area contributed by atoms with Crippen LogP contribution in [0.25, 0.3) is 11.5 Å². The smallest absolute Gasteiger partial charge is 0.227 e. The maximum atomic E-state index is 12.2. The third kappa shape index (κ3) is 4.79. The summed E-state index contributed by atoms with van der Waals surface area (Å²) < 4.78 is 16.7. The third-order valence-electron chi connectivity index (χ3n) is 5.87. The lowest BCUT2D eigenvalue weighted by molar-refractivity contribution is -0.147. The van der Waals surface area contributed by atoms with Gasteiger partial charge in [-0.1, -0.05) is 5.16 Å². The van der Waals surface area contributed by atoms with Crippen LogP contribution < -0.4 is 0 Å². The van der Waals surface area contributed by atoms with Crippen LogP contribution in [0.15, 0.2) is 23.1 Å². The number of ether oxygens (including phenoxy) is 2. The van der Waals surface area contributed by atoms with Crippen LogP contribution >= 0.6 is 0 Å². The van der Waals surface area contributed by atoms with Crippen molar-refractivity contribution in [3.8, 4) is 11.5 Å². The Bertz CT molecular complexity index is 804. The molecule has 4 rings (SSSR count). The molecule has 1 unspecified atom stereocenters. The molecule has 0 aromatic carbocycles. The van der Waals surface area contributed by atoms with E-state index >= 15 is 0 Å². The van der Waals surface area contributed by atoms with Crippen molar-refractivity contribution < 1.29 is 18.8 Å². The number of rotatable bonds is 6. The largest absolute Gasteiger partial charge is 0.384 e. The average Bonchev–Trinajstić information content (AvgIpc) is 3.22. The van der Waals surface area contributed by atoms with Gasteiger partial charge in [0.25, 0.3) is 0 Å². The summed E-state index contributed by atoms with van der Waals surface area (Å²) in [5, 5.41) is 4.04. The van der Waals surface area contributed by atoms with Gasteiger partial charge in [-0.15, -0.1) is 0 Å². The Hall–Kier alpha value is -2.39. The molecule has 1 atom stereocenters. The van der Waals surface area contributed by atoms with Gasteiger partial charge in [0.2, 0.25) is 17.6 Å². The lowest BCUT2D eigenvalue weighted by atomic mass is 9.78. The zero-order chi connectivity index (χ0) is 20.1. The molecule has 2 aromatic heterocycles. The van der Waals surface area contributed by atoms with Gasteiger partial charge in [-0.2, -0.15) is 4.98 Å². The van der Waals surface area contributed by atoms with E-state index in [4.69, 9.17) is 14.0 Å². The van der Waals surface area contributed by atoms with Gasteiger partial charge >= 0.3 is 0 Å². The van der Waals surface area contributed by atoms with Crippen LogP contribution in [0.3, 0.4) is 0 Å². The Kier molecular flexibility index (Phi) is 6.15. The minimum absolute atomic E-state index is 0.144. The summed E-state index contributed by atoms with van der Waals surface area (Å²) in [6, 6.07) is 0. The van der Waals surface area contributed by atoms with E-state index < -0.39 is 0 Å². The molecule has 0 N–H and O–H groups in total. The Morgan fingerprint density at radius 2 is 2.21 bits per heavy atom. The fraction of sp³-hybridized carbons (Fsp3) is 0.650. The van der Waals surface area contributed by atoms with Crippen molar-refractivity contribution in [2.75, 3.05) is 33.4 Å². The molecule has 0 saturated carbocycles. The standard InChI is InChI=1S/C20H27N5O4/c1-27-10-3-18(26)25-8-4-20(5-9-25)13-15(2-11-28-20)12-17-23-19(24-29-17)16-14-21-6-7-22-16/h6-7,14-15H,2-5,8-13H2,1H3. The Balaban J connectivity index is 1.32. The second-order valence-corrected chi connectivity index (χ2v) is 7.82. The summed E-state index contributed by atoms with van der Waals surface area (Å²) in [4.78, 5) is 26.9. The second kappa shape index (κ2) is 8.96. The van der Waals surface area contributed by atoms with Crippen LogP contribution in [0.2, 0.25) is 0 Å². The number of likely N-dealkylation sites (tertiary alicyclic amines) is 1. The fourth-order valence-electron chi connectivity index (χ4n) is 4.27. The number of hydrogen-bond donors (Lipinski definition) is 0. The number of hydrogen-bond acceptors (Lipinski definition) is 8. The molecule has 0 bridgehead atoms. The van der Waals surface area contributed by atoms with Crippen LogP contribution in [0.4, 0.5) is 0 Å². The number of nitrogens with zero attached hydrogens (tertiary/aromatic N) is 5. The molecule has 29 heavy (non-hydrogen) atoms. The van der Waals surface area contributed by atoms with E-state index in [2.05, 4.69) is 20.1 Å². The van der Waals surface area contributed by atoms with E-state index in [1.807, 2.05) is 4.90 Å². The van der Waals surface area contributed by atoms with Gasteiger partial charge in [0.05, 0.1) is 24.8 Å². The maximum Gasteiger partial charge on any atom is 0.227 e. The van der Waals surface area contributed by atoms with Crippen LogP contribution in [-0.2, 0) is 20.7 Å². The molecule has 0 aliphatic carbocycles. The quantitative estimate of drug-likeness (QED) is 0.723. The van der Waals surface area contributed by atoms with E-state index in [-0.39, 0.29) is 11.5 Å². The first kappa shape index (κ1) is 19.9. The molecular weight excluding hydrogens is 374 g/mol. The summed E-state index contributed by atoms with van der Waals surface area (Å²) in [5.74, 6) is 1.68. The molecule has 2 aliphatic heterocycles. The van der Waals surface area contributed by atoms with Crippen molar-refractivity contribution in [3.05, 3.63) is 24.5 Å². The first-order valence-corrected chi connectivity index (χ1v) is 10.2. The summed E-state index contributed by atoms with van der Waals surface area (Å²) >= 11 is 0. The van der Waals surface area contributed by atoms with Crippen LogP contribution in [0.1, 0.15) is 38.0 Å². The highest BCUT2D eigenvalue weighted by molar-refractivity contribution is 5.76. The molecule has 0 radical (unpaired) electrons. The number of amides is 1. The monoisotopic (exact) mass is 401 g/mol. The number of carbonyl (C=O) groups is 1. The summed E-state index contributed by atoms with van der Waals surface area (Å²) in [6.07, 6.45) is 9.69. The summed E-state index contributed by atoms with van der Waals surface area (Å²) in [5.41, 5.74) is 0.464. The van der Waals surface area contributed by atoms with Crippen molar-refractivity contribution >= 4 is 5.91 Å². The van der Waals surface area contributed by atoms with E-state index in [9.17, 15) is 4.79 Å². The van der Waals surface area contributed by atoms with Crippen molar-refractivity contribution in [2.45, 2.75) is 44.1 Å². The van der Waals surface area contributed by atoms with Gasteiger partial charge in [-0.3, -0.25) is 9.78 Å². The predicted molar refractivity (Wildman–Crippen MR) is 103 cm³/mol. The van der Waals surface area contributed by atoms with Crippen LogP contribution in [-0.4, -0.2) is 69.9 Å². The molecule has 2 aromatic rings. The zero-order valence-corrected chi connectivity index (χ0v) is 16.7. The highest BCUT2D eigenvalue weighted by Gasteiger charge is 2.41. The minimum atomic E-state index is -0.144. The molecule has 2 fully saturated rings. The normalized spacial score (nSPS) is 21.4. The number of methoxy groups -OCH3 is 1. The van der Waals surface area contributed by atoms with E-state index in [1.165, 1.54) is 0 Å². The zero-order valence-electron chi connectivity index (χ0n) is 16.7. The molecule has 2 aliphatic rings. The number of aromatic nitrogens is 4. The molecular formula is C20H27N5O4. The van der Waals surface area contributed by atoms with Crippen molar-refractivity contribution in [1.29, 1.82) is 0 Å². The first-order chi connectivity index (χ1) is 14.2. The minimum Gasteiger partial charge on any atom is -0.384 e. The van der Waals surface area contributed by atoms with E-state index in [0.29, 0.717) is 36.4 Å². The molecule has 2 saturated heterocycles. The molecule has 4 heterocycles. The van der Waals surface area contributed by atoms with Crippen LogP contribution in [0, 0.1) is 5.92 Å². The van der Waals surface area contributed by atoms with Crippen molar-refractivity contribution in [1.82, 2.24) is 25.0 Å². The Morgan fingerprint density at radius 3 is 2.97 bits per heavy atom. The predicted octanol–water partition coefficient (Wildman–Crippen LogP) is 1.89. The topological polar surface area (TPSA) is 103 Å². The highest BCUT2D eigenvalue weighted by atomic mass is 16.5. The Labute approximate surface area is 169 Å². The van der Waals surface area contributed by atoms with Gasteiger partial charge in [-0.05, 0) is 31.6 Å². The van der Waals surface area contributed by atoms with E-state index in [1.54, 1.807) is 25.7 Å². The van der Waals surface area contributed by atoms with Crippen molar-refractivity contribution in [2.24, 2.45) is 5.92 Å². The molecule has 1 amide bonds. The first-order valence-electron chi connectivity index (χ1n) is 10.2. The summed E-state index contributed by atoms with van der Waals surface area (Å²) in [7, 11) is 1.62. The fourth-order valence-corrected chi connectivity index (χ4v) is 4.27. The van der Waals surface area contributed by atoms with Gasteiger partial charge in [0.1, 0.15) is 5.69 Å². The lowest BCUT2D eigenvalue weighted by Crippen LogP contribution is -2.51. The molecule has 9 heteroatoms. The SMILES string of the molecule is COCCC(=O)N1CCC2(CC1)CC(Cc1nc(-c3cnccn3)no1)CCO2. The molecule has 156 valence electrons. The van der Waals surface area contributed by atoms with Crippen LogP contribution in [0.5, 0.6) is 0 Å². The molecule has 9 nitrogen and oxygen atoms in total. The lowest BCUT2D eigenvalue weighted by Gasteiger charge is -2.46. The van der Waals surface area contributed by atoms with Gasteiger partial charge in [-0.25, -0.2) is 4.98 Å². The average molecular weight is 401 g/mol. The highest BCUT2D eigenvalue weighted by Crippen LogP contribution is 2.38. The number of piperidine rings is 1. The van der Waals surface area contributed by atoms with Gasteiger partial charge < -0.3 is 18.9 Å². The number of carbonyl (C=O) groups excluding carboxylic acids is 1. The summed E-state index contributed by atoms with van der Waals surface area (Å²) in [6.45, 7) is 2.69. The van der Waals surface area contributed by atoms with Gasteiger partial charge in [0, 0.05) is 45.6 Å². The molecule has 1 spiro atoms. The Morgan fingerprint density at radius 1 is 1.34 bits per heavy atom. The maximum absolute atomic E-state index is 12.2. The third-order valence-corrected chi connectivity index (χ3v) is 5.87. The van der Waals surface area contributed by atoms with Gasteiger partial charge in [0.15, 0.2) is 0 Å². The second-order valence-electron chi connectivity index (χ2n) is 7.82. The van der Waals surface area contributed by atoms with E-state index in [0.717, 1.165) is 51.8 Å². The van der Waals surface area contributed by atoms with Crippen molar-refractivity contribution in [3.63, 3.8) is 0 Å².